The quantitative estimate of drug-likeness (QED) is 0.174. The van der Waals surface area contributed by atoms with Gasteiger partial charge in [0, 0.05) is 33.7 Å². The van der Waals surface area contributed by atoms with Crippen molar-refractivity contribution in [1.82, 2.24) is 29.9 Å². The van der Waals surface area contributed by atoms with Gasteiger partial charge < -0.3 is 0 Å². The van der Waals surface area contributed by atoms with E-state index >= 15 is 0 Å². The molecule has 0 spiro atoms. The van der Waals surface area contributed by atoms with Gasteiger partial charge in [0.2, 0.25) is 0 Å². The van der Waals surface area contributed by atoms with E-state index in [4.69, 9.17) is 29.9 Å². The summed E-state index contributed by atoms with van der Waals surface area (Å²) in [6.45, 7) is 2.22. The van der Waals surface area contributed by atoms with Gasteiger partial charge in [-0.25, -0.2) is 29.9 Å². The summed E-state index contributed by atoms with van der Waals surface area (Å²) in [6.07, 6.45) is 16.7. The van der Waals surface area contributed by atoms with Crippen LogP contribution in [0.4, 0.5) is 0 Å². The molecule has 0 saturated carbocycles. The van der Waals surface area contributed by atoms with Crippen molar-refractivity contribution in [2.24, 2.45) is 5.92 Å². The molecule has 2 aliphatic carbocycles. The Kier molecular flexibility index (Phi) is 8.34. The lowest BCUT2D eigenvalue weighted by Crippen LogP contribution is -2.08. The lowest BCUT2D eigenvalue weighted by atomic mass is 9.92. The van der Waals surface area contributed by atoms with Crippen molar-refractivity contribution in [3.05, 3.63) is 163 Å². The molecule has 4 aromatic carbocycles. The van der Waals surface area contributed by atoms with Crippen LogP contribution in [0.2, 0.25) is 0 Å². The Morgan fingerprint density at radius 2 is 0.939 bits per heavy atom. The van der Waals surface area contributed by atoms with E-state index in [1.807, 2.05) is 60.7 Å². The molecule has 0 bridgehead atoms. The Labute approximate surface area is 286 Å². The van der Waals surface area contributed by atoms with Crippen LogP contribution in [-0.2, 0) is 0 Å². The molecule has 6 aromatic rings. The smallest absolute Gasteiger partial charge is 0.164 e. The average Bonchev–Trinajstić information content (AvgIpc) is 3.19. The molecule has 0 N–H and O–H groups in total. The molecule has 236 valence electrons. The highest BCUT2D eigenvalue weighted by atomic mass is 15.0. The summed E-state index contributed by atoms with van der Waals surface area (Å²) in [7, 11) is 0. The maximum Gasteiger partial charge on any atom is 0.164 e. The highest BCUT2D eigenvalue weighted by molar-refractivity contribution is 5.76. The maximum absolute atomic E-state index is 5.03. The van der Waals surface area contributed by atoms with Crippen molar-refractivity contribution < 1.29 is 0 Å². The van der Waals surface area contributed by atoms with Crippen LogP contribution in [0.5, 0.6) is 0 Å². The monoisotopic (exact) mass is 634 g/mol. The van der Waals surface area contributed by atoms with E-state index in [9.17, 15) is 0 Å². The van der Waals surface area contributed by atoms with Gasteiger partial charge in [-0.15, -0.1) is 0 Å². The van der Waals surface area contributed by atoms with E-state index < -0.39 is 0 Å². The van der Waals surface area contributed by atoms with Gasteiger partial charge in [0.25, 0.3) is 0 Å². The molecule has 2 heterocycles. The fourth-order valence-corrected chi connectivity index (χ4v) is 6.24. The lowest BCUT2D eigenvalue weighted by molar-refractivity contribution is 0.747. The van der Waals surface area contributed by atoms with Crippen LogP contribution in [0.25, 0.3) is 62.3 Å². The van der Waals surface area contributed by atoms with Crippen LogP contribution >= 0.6 is 0 Å². The second-order valence-electron chi connectivity index (χ2n) is 12.4. The van der Waals surface area contributed by atoms with Crippen LogP contribution in [0, 0.1) is 5.92 Å². The molecule has 2 aromatic heterocycles. The first-order valence-corrected chi connectivity index (χ1v) is 16.7. The Balaban J connectivity index is 1.19. The van der Waals surface area contributed by atoms with Crippen molar-refractivity contribution in [2.75, 3.05) is 0 Å². The van der Waals surface area contributed by atoms with Crippen LogP contribution in [0.1, 0.15) is 37.3 Å². The third kappa shape index (κ3) is 6.54. The summed E-state index contributed by atoms with van der Waals surface area (Å²) in [5.74, 6) is 4.56. The maximum atomic E-state index is 5.03. The molecule has 6 nitrogen and oxygen atoms in total. The van der Waals surface area contributed by atoms with Gasteiger partial charge in [-0.05, 0) is 42.0 Å². The van der Waals surface area contributed by atoms with Crippen LogP contribution in [0.15, 0.2) is 152 Å². The van der Waals surface area contributed by atoms with E-state index in [0.29, 0.717) is 29.2 Å². The molecule has 2 atom stereocenters. The minimum atomic E-state index is 0.100. The first kappa shape index (κ1) is 30.2. The van der Waals surface area contributed by atoms with E-state index in [1.165, 1.54) is 0 Å². The topological polar surface area (TPSA) is 77.3 Å². The van der Waals surface area contributed by atoms with Crippen LogP contribution in [-0.4, -0.2) is 29.9 Å². The first-order valence-electron chi connectivity index (χ1n) is 16.7. The van der Waals surface area contributed by atoms with Crippen molar-refractivity contribution in [3.63, 3.8) is 0 Å². The van der Waals surface area contributed by atoms with E-state index in [0.717, 1.165) is 63.4 Å². The predicted molar refractivity (Wildman–Crippen MR) is 197 cm³/mol. The second-order valence-corrected chi connectivity index (χ2v) is 12.4. The number of allylic oxidation sites excluding steroid dienone is 8. The van der Waals surface area contributed by atoms with Gasteiger partial charge in [-0.2, -0.15) is 0 Å². The summed E-state index contributed by atoms with van der Waals surface area (Å²) in [6, 6.07) is 37.0. The molecule has 2 unspecified atom stereocenters. The molecular formula is C43H34N6. The van der Waals surface area contributed by atoms with E-state index in [2.05, 4.69) is 98.0 Å². The third-order valence-electron chi connectivity index (χ3n) is 8.93. The average molecular weight is 635 g/mol. The molecule has 8 rings (SSSR count). The second kappa shape index (κ2) is 13.5. The predicted octanol–water partition coefficient (Wildman–Crippen LogP) is 9.97. The summed E-state index contributed by atoms with van der Waals surface area (Å²) < 4.78 is 0. The Morgan fingerprint density at radius 1 is 0.449 bits per heavy atom. The highest BCUT2D eigenvalue weighted by Crippen LogP contribution is 2.33. The zero-order valence-corrected chi connectivity index (χ0v) is 27.2. The zero-order chi connectivity index (χ0) is 33.0. The first-order chi connectivity index (χ1) is 24.2. The molecule has 0 aliphatic heterocycles. The molecule has 0 saturated heterocycles. The SMILES string of the molecule is CC1CC=CC=C1c1nc(-c2ccccc2)nc(-c2cccc(-c3cccc(-c4nc(-c5ccccc5)nc(C5C=CC=CC5)n4)c3)c2)n1. The van der Waals surface area contributed by atoms with Gasteiger partial charge in [-0.1, -0.05) is 147 Å². The minimum Gasteiger partial charge on any atom is -0.212 e. The van der Waals surface area contributed by atoms with Gasteiger partial charge >= 0.3 is 0 Å². The van der Waals surface area contributed by atoms with E-state index in [1.54, 1.807) is 0 Å². The third-order valence-corrected chi connectivity index (χ3v) is 8.93. The Bertz CT molecular complexity index is 2250. The number of hydrogen-bond donors (Lipinski definition) is 0. The van der Waals surface area contributed by atoms with Crippen molar-refractivity contribution in [2.45, 2.75) is 25.7 Å². The Morgan fingerprint density at radius 3 is 1.51 bits per heavy atom. The van der Waals surface area contributed by atoms with Crippen molar-refractivity contribution in [1.29, 1.82) is 0 Å². The number of rotatable bonds is 7. The number of nitrogens with zero attached hydrogens (tertiary/aromatic N) is 6. The number of aromatic nitrogens is 6. The minimum absolute atomic E-state index is 0.100. The van der Waals surface area contributed by atoms with Gasteiger partial charge in [0.15, 0.2) is 29.1 Å². The molecule has 0 fully saturated rings. The largest absolute Gasteiger partial charge is 0.212 e. The fourth-order valence-electron chi connectivity index (χ4n) is 6.24. The standard InChI is InChI=1S/C43H34N6/c1-29-15-11-12-26-37(29)43-48-40(32-20-9-4-10-21-32)47-42(49-43)36-25-14-23-34(28-36)33-22-13-24-35(27-33)41-45-38(30-16-5-2-6-17-30)44-39(46-41)31-18-7-3-8-19-31/h2-14,16-18,20-29,31H,15,19H2,1H3. The van der Waals surface area contributed by atoms with Crippen LogP contribution in [0.3, 0.4) is 0 Å². The molecular weight excluding hydrogens is 601 g/mol. The fraction of sp³-hybridized carbons (Fsp3) is 0.116. The Hall–Kier alpha value is -6.14. The summed E-state index contributed by atoms with van der Waals surface area (Å²) >= 11 is 0. The summed E-state index contributed by atoms with van der Waals surface area (Å²) in [4.78, 5) is 29.9. The van der Waals surface area contributed by atoms with E-state index in [-0.39, 0.29) is 5.92 Å². The van der Waals surface area contributed by atoms with Gasteiger partial charge in [0.1, 0.15) is 5.82 Å². The number of hydrogen-bond acceptors (Lipinski definition) is 6. The highest BCUT2D eigenvalue weighted by Gasteiger charge is 2.20. The van der Waals surface area contributed by atoms with Gasteiger partial charge in [-0.3, -0.25) is 0 Å². The molecule has 0 amide bonds. The van der Waals surface area contributed by atoms with Gasteiger partial charge in [0.05, 0.1) is 0 Å². The summed E-state index contributed by atoms with van der Waals surface area (Å²) in [5.41, 5.74) is 7.00. The van der Waals surface area contributed by atoms with Crippen molar-refractivity contribution >= 4 is 5.57 Å². The molecule has 0 radical (unpaired) electrons. The molecule has 6 heteroatoms. The number of benzene rings is 4. The summed E-state index contributed by atoms with van der Waals surface area (Å²) in [5, 5.41) is 0. The normalized spacial score (nSPS) is 16.8. The molecule has 49 heavy (non-hydrogen) atoms. The van der Waals surface area contributed by atoms with Crippen LogP contribution < -0.4 is 0 Å². The molecule has 2 aliphatic rings. The lowest BCUT2D eigenvalue weighted by Gasteiger charge is -2.17. The van der Waals surface area contributed by atoms with Crippen molar-refractivity contribution in [3.8, 4) is 56.7 Å². The zero-order valence-electron chi connectivity index (χ0n) is 27.2.